The van der Waals surface area contributed by atoms with Gasteiger partial charge in [-0.15, -0.1) is 0 Å². The van der Waals surface area contributed by atoms with Gasteiger partial charge in [-0.2, -0.15) is 0 Å². The number of benzene rings is 1. The van der Waals surface area contributed by atoms with Crippen molar-refractivity contribution in [3.63, 3.8) is 0 Å². The Balaban J connectivity index is 1.84. The molecular formula is C19H17NO6. The highest BCUT2D eigenvalue weighted by Crippen LogP contribution is 2.18. The number of fused-ring (bicyclic) bond motifs is 1. The molecule has 0 atom stereocenters. The second-order valence-corrected chi connectivity index (χ2v) is 5.81. The number of methoxy groups -OCH3 is 1. The third kappa shape index (κ3) is 3.23. The molecule has 0 aliphatic carbocycles. The smallest absolute Gasteiger partial charge is 0.341 e. The Morgan fingerprint density at radius 2 is 1.88 bits per heavy atom. The summed E-state index contributed by atoms with van der Waals surface area (Å²) in [7, 11) is 2.83. The summed E-state index contributed by atoms with van der Waals surface area (Å²) in [6, 6.07) is 9.43. The van der Waals surface area contributed by atoms with E-state index in [0.717, 1.165) is 0 Å². The zero-order valence-corrected chi connectivity index (χ0v) is 14.6. The number of ether oxygens (including phenoxy) is 1. The minimum absolute atomic E-state index is 0.0623. The number of esters is 1. The molecule has 3 aromatic rings. The van der Waals surface area contributed by atoms with Gasteiger partial charge in [0.05, 0.1) is 19.0 Å². The van der Waals surface area contributed by atoms with Gasteiger partial charge in [0, 0.05) is 13.1 Å². The van der Waals surface area contributed by atoms with Crippen LogP contribution < -0.4 is 5.43 Å². The maximum atomic E-state index is 12.6. The second-order valence-electron chi connectivity index (χ2n) is 5.81. The van der Waals surface area contributed by atoms with Crippen molar-refractivity contribution in [1.82, 2.24) is 4.90 Å². The van der Waals surface area contributed by atoms with Crippen LogP contribution in [0.4, 0.5) is 0 Å². The van der Waals surface area contributed by atoms with E-state index in [1.807, 2.05) is 0 Å². The largest absolute Gasteiger partial charge is 0.465 e. The van der Waals surface area contributed by atoms with E-state index in [9.17, 15) is 14.4 Å². The Bertz CT molecular complexity index is 1050. The van der Waals surface area contributed by atoms with Crippen LogP contribution in [0.2, 0.25) is 0 Å². The predicted molar refractivity (Wildman–Crippen MR) is 93.1 cm³/mol. The maximum Gasteiger partial charge on any atom is 0.341 e. The molecule has 0 N–H and O–H groups in total. The molecule has 134 valence electrons. The Hall–Kier alpha value is -3.35. The Labute approximate surface area is 148 Å². The van der Waals surface area contributed by atoms with Crippen LogP contribution in [0.25, 0.3) is 11.0 Å². The van der Waals surface area contributed by atoms with E-state index in [2.05, 4.69) is 4.74 Å². The van der Waals surface area contributed by atoms with Crippen LogP contribution >= 0.6 is 0 Å². The van der Waals surface area contributed by atoms with E-state index in [1.165, 1.54) is 24.1 Å². The van der Waals surface area contributed by atoms with Crippen LogP contribution in [-0.4, -0.2) is 30.9 Å². The summed E-state index contributed by atoms with van der Waals surface area (Å²) in [6.45, 7) is 1.74. The minimum Gasteiger partial charge on any atom is -0.465 e. The fourth-order valence-electron chi connectivity index (χ4n) is 2.64. The van der Waals surface area contributed by atoms with Crippen molar-refractivity contribution < 1.29 is 23.2 Å². The first-order chi connectivity index (χ1) is 12.4. The number of carbonyl (C=O) groups is 2. The van der Waals surface area contributed by atoms with Gasteiger partial charge in [0.2, 0.25) is 0 Å². The molecule has 2 heterocycles. The first-order valence-electron chi connectivity index (χ1n) is 7.86. The molecule has 7 heteroatoms. The van der Waals surface area contributed by atoms with E-state index in [0.29, 0.717) is 28.1 Å². The first kappa shape index (κ1) is 17.5. The highest BCUT2D eigenvalue weighted by Gasteiger charge is 2.20. The molecule has 1 amide bonds. The molecule has 2 aromatic heterocycles. The van der Waals surface area contributed by atoms with Crippen LogP contribution in [-0.2, 0) is 11.3 Å². The number of nitrogens with zero attached hydrogens (tertiary/aromatic N) is 1. The van der Waals surface area contributed by atoms with Crippen molar-refractivity contribution in [2.45, 2.75) is 13.5 Å². The van der Waals surface area contributed by atoms with Gasteiger partial charge in [-0.25, -0.2) is 4.79 Å². The van der Waals surface area contributed by atoms with E-state index < -0.39 is 11.9 Å². The van der Waals surface area contributed by atoms with Crippen molar-refractivity contribution in [3.05, 3.63) is 69.5 Å². The third-order valence-electron chi connectivity index (χ3n) is 3.96. The van der Waals surface area contributed by atoms with Gasteiger partial charge in [0.25, 0.3) is 5.91 Å². The van der Waals surface area contributed by atoms with Gasteiger partial charge in [0.1, 0.15) is 22.7 Å². The number of amides is 1. The fourth-order valence-corrected chi connectivity index (χ4v) is 2.64. The molecule has 0 aliphatic rings. The number of hydrogen-bond donors (Lipinski definition) is 0. The highest BCUT2D eigenvalue weighted by atomic mass is 16.5. The van der Waals surface area contributed by atoms with Crippen LogP contribution in [0.5, 0.6) is 0 Å². The van der Waals surface area contributed by atoms with Gasteiger partial charge in [-0.1, -0.05) is 12.1 Å². The zero-order chi connectivity index (χ0) is 18.8. The van der Waals surface area contributed by atoms with Crippen LogP contribution in [0.15, 0.2) is 50.0 Å². The summed E-state index contributed by atoms with van der Waals surface area (Å²) in [5, 5.41) is 0.413. The Morgan fingerprint density at radius 1 is 1.15 bits per heavy atom. The topological polar surface area (TPSA) is 90.0 Å². The molecule has 0 aliphatic heterocycles. The summed E-state index contributed by atoms with van der Waals surface area (Å²) >= 11 is 0. The Kier molecular flexibility index (Phi) is 4.62. The quantitative estimate of drug-likeness (QED) is 0.669. The number of hydrogen-bond acceptors (Lipinski definition) is 6. The van der Waals surface area contributed by atoms with Crippen molar-refractivity contribution in [2.24, 2.45) is 0 Å². The molecule has 0 bridgehead atoms. The number of carbonyl (C=O) groups excluding carboxylic acids is 2. The Morgan fingerprint density at radius 3 is 2.62 bits per heavy atom. The van der Waals surface area contributed by atoms with E-state index in [-0.39, 0.29) is 17.7 Å². The lowest BCUT2D eigenvalue weighted by Gasteiger charge is -2.15. The van der Waals surface area contributed by atoms with Crippen LogP contribution in [0.3, 0.4) is 0 Å². The lowest BCUT2D eigenvalue weighted by atomic mass is 10.2. The molecular weight excluding hydrogens is 338 g/mol. The van der Waals surface area contributed by atoms with Gasteiger partial charge in [0.15, 0.2) is 11.2 Å². The first-order valence-corrected chi connectivity index (χ1v) is 7.86. The van der Waals surface area contributed by atoms with E-state index >= 15 is 0 Å². The van der Waals surface area contributed by atoms with Crippen LogP contribution in [0.1, 0.15) is 32.4 Å². The van der Waals surface area contributed by atoms with Crippen molar-refractivity contribution in [3.8, 4) is 0 Å². The number of para-hydroxylation sites is 1. The molecule has 0 saturated carbocycles. The molecule has 26 heavy (non-hydrogen) atoms. The lowest BCUT2D eigenvalue weighted by molar-refractivity contribution is 0.0598. The van der Waals surface area contributed by atoms with Gasteiger partial charge < -0.3 is 18.5 Å². The van der Waals surface area contributed by atoms with Crippen LogP contribution in [0, 0.1) is 6.92 Å². The van der Waals surface area contributed by atoms with E-state index in [4.69, 9.17) is 8.83 Å². The highest BCUT2D eigenvalue weighted by molar-refractivity contribution is 5.93. The predicted octanol–water partition coefficient (Wildman–Crippen LogP) is 2.75. The summed E-state index contributed by atoms with van der Waals surface area (Å²) in [6.07, 6.45) is 0. The molecule has 0 saturated heterocycles. The summed E-state index contributed by atoms with van der Waals surface area (Å²) in [5.41, 5.74) is 0.365. The van der Waals surface area contributed by atoms with E-state index in [1.54, 1.807) is 38.2 Å². The molecule has 7 nitrogen and oxygen atoms in total. The molecule has 0 fully saturated rings. The van der Waals surface area contributed by atoms with Crippen molar-refractivity contribution >= 4 is 22.8 Å². The molecule has 3 rings (SSSR count). The standard InChI is InChI=1S/C19H17NO6/c1-11-14(19(23)24-3)8-12(25-11)10-20(2)18(22)17-9-15(21)13-6-4-5-7-16(13)26-17/h4-9H,10H2,1-3H3. The average molecular weight is 355 g/mol. The maximum absolute atomic E-state index is 12.6. The van der Waals surface area contributed by atoms with Crippen molar-refractivity contribution in [2.75, 3.05) is 14.2 Å². The third-order valence-corrected chi connectivity index (χ3v) is 3.96. The normalized spacial score (nSPS) is 10.7. The number of rotatable bonds is 4. The van der Waals surface area contributed by atoms with Gasteiger partial charge >= 0.3 is 5.97 Å². The number of aryl methyl sites for hydroxylation is 1. The summed E-state index contributed by atoms with van der Waals surface area (Å²) in [5.74, 6) is -0.215. The molecule has 0 radical (unpaired) electrons. The van der Waals surface area contributed by atoms with Gasteiger partial charge in [-0.3, -0.25) is 9.59 Å². The summed E-state index contributed by atoms with van der Waals surface area (Å²) < 4.78 is 15.7. The number of furan rings is 1. The SMILES string of the molecule is COC(=O)c1cc(CN(C)C(=O)c2cc(=O)c3ccccc3o2)oc1C. The molecule has 0 spiro atoms. The molecule has 0 unspecified atom stereocenters. The fraction of sp³-hybridized carbons (Fsp3) is 0.211. The monoisotopic (exact) mass is 355 g/mol. The minimum atomic E-state index is -0.507. The second kappa shape index (κ2) is 6.87. The lowest BCUT2D eigenvalue weighted by Crippen LogP contribution is -2.26. The van der Waals surface area contributed by atoms with Gasteiger partial charge in [-0.05, 0) is 25.1 Å². The molecule has 1 aromatic carbocycles. The zero-order valence-electron chi connectivity index (χ0n) is 14.6. The van der Waals surface area contributed by atoms with Crippen molar-refractivity contribution in [1.29, 1.82) is 0 Å². The average Bonchev–Trinajstić information content (AvgIpc) is 3.00. The summed E-state index contributed by atoms with van der Waals surface area (Å²) in [4.78, 5) is 37.7.